The number of imidazole rings is 1. The number of pyridine rings is 1. The van der Waals surface area contributed by atoms with Gasteiger partial charge in [-0.3, -0.25) is 4.98 Å². The van der Waals surface area contributed by atoms with Crippen molar-refractivity contribution < 1.29 is 9.47 Å². The zero-order chi connectivity index (χ0) is 25.9. The van der Waals surface area contributed by atoms with E-state index in [0.717, 1.165) is 37.4 Å². The van der Waals surface area contributed by atoms with Gasteiger partial charge in [0, 0.05) is 52.4 Å². The lowest BCUT2D eigenvalue weighted by molar-refractivity contribution is 0.315. The minimum Gasteiger partial charge on any atom is -0.492 e. The fourth-order valence-corrected chi connectivity index (χ4v) is 5.25. The van der Waals surface area contributed by atoms with E-state index >= 15 is 0 Å². The molecule has 0 atom stereocenters. The Hall–Kier alpha value is -3.64. The molecule has 186 valence electrons. The second-order valence-corrected chi connectivity index (χ2v) is 9.84. The first-order chi connectivity index (χ1) is 18.0. The van der Waals surface area contributed by atoms with Crippen LogP contribution in [-0.4, -0.2) is 34.1 Å². The maximum atomic E-state index is 9.82. The molecule has 3 aromatic carbocycles. The molecule has 10 heteroatoms. The van der Waals surface area contributed by atoms with Gasteiger partial charge in [0.25, 0.3) is 0 Å². The van der Waals surface area contributed by atoms with Crippen molar-refractivity contribution in [3.8, 4) is 17.6 Å². The number of aryl methyl sites for hydroxylation is 1. The maximum absolute atomic E-state index is 9.82. The van der Waals surface area contributed by atoms with Gasteiger partial charge in [0.15, 0.2) is 16.7 Å². The molecule has 0 spiro atoms. The van der Waals surface area contributed by atoms with Gasteiger partial charge >= 0.3 is 0 Å². The second-order valence-electron chi connectivity index (χ2n) is 8.04. The second kappa shape index (κ2) is 10.8. The van der Waals surface area contributed by atoms with Crippen molar-refractivity contribution in [2.75, 3.05) is 24.9 Å². The van der Waals surface area contributed by atoms with Crippen molar-refractivity contribution in [3.05, 3.63) is 71.6 Å². The molecule has 0 unspecified atom stereocenters. The third-order valence-corrected chi connectivity index (χ3v) is 7.52. The Morgan fingerprint density at radius 2 is 1.92 bits per heavy atom. The molecule has 0 aliphatic heterocycles. The Bertz CT molecular complexity index is 1670. The molecule has 5 rings (SSSR count). The average molecular weight is 550 g/mol. The molecule has 2 heterocycles. The largest absolute Gasteiger partial charge is 0.492 e. The van der Waals surface area contributed by atoms with E-state index in [1.54, 1.807) is 19.5 Å². The van der Waals surface area contributed by atoms with Crippen LogP contribution in [-0.2, 0) is 7.05 Å². The SMILES string of the molecule is COc1c(OCCCl)ccc2c1ccc1c(Nc3ccc(Sc4nccn4C)c(Cl)c3)c(C#N)cnc12. The summed E-state index contributed by atoms with van der Waals surface area (Å²) in [6.45, 7) is 0.371. The number of benzene rings is 3. The van der Waals surface area contributed by atoms with E-state index in [1.165, 1.54) is 11.8 Å². The Morgan fingerprint density at radius 3 is 2.62 bits per heavy atom. The van der Waals surface area contributed by atoms with Gasteiger partial charge in [0.1, 0.15) is 12.7 Å². The molecular weight excluding hydrogens is 529 g/mol. The number of rotatable bonds is 8. The van der Waals surface area contributed by atoms with E-state index in [-0.39, 0.29) is 0 Å². The summed E-state index contributed by atoms with van der Waals surface area (Å²) < 4.78 is 13.3. The molecule has 1 N–H and O–H groups in total. The monoisotopic (exact) mass is 549 g/mol. The first kappa shape index (κ1) is 25.0. The molecule has 0 aliphatic carbocycles. The van der Waals surface area contributed by atoms with Crippen LogP contribution in [0.25, 0.3) is 21.7 Å². The Kier molecular flexibility index (Phi) is 7.28. The highest BCUT2D eigenvalue weighted by Crippen LogP contribution is 2.41. The predicted molar refractivity (Wildman–Crippen MR) is 149 cm³/mol. The summed E-state index contributed by atoms with van der Waals surface area (Å²) in [5.74, 6) is 1.59. The van der Waals surface area contributed by atoms with Crippen LogP contribution >= 0.6 is 35.0 Å². The minimum absolute atomic E-state index is 0.371. The van der Waals surface area contributed by atoms with Gasteiger partial charge in [-0.1, -0.05) is 23.4 Å². The molecule has 0 amide bonds. The van der Waals surface area contributed by atoms with Crippen LogP contribution in [0.2, 0.25) is 5.02 Å². The normalized spacial score (nSPS) is 11.0. The summed E-state index contributed by atoms with van der Waals surface area (Å²) in [6.07, 6.45) is 5.20. The van der Waals surface area contributed by atoms with Gasteiger partial charge in [-0.2, -0.15) is 5.26 Å². The number of hydrogen-bond acceptors (Lipinski definition) is 7. The summed E-state index contributed by atoms with van der Waals surface area (Å²) in [6, 6.07) is 15.6. The van der Waals surface area contributed by atoms with Crippen molar-refractivity contribution in [2.45, 2.75) is 10.1 Å². The molecule has 0 saturated carbocycles. The van der Waals surface area contributed by atoms with Gasteiger partial charge in [0.2, 0.25) is 0 Å². The number of hydrogen-bond donors (Lipinski definition) is 1. The fraction of sp³-hybridized carbons (Fsp3) is 0.148. The lowest BCUT2D eigenvalue weighted by Crippen LogP contribution is -2.01. The number of nitrogens with zero attached hydrogens (tertiary/aromatic N) is 4. The molecule has 37 heavy (non-hydrogen) atoms. The smallest absolute Gasteiger partial charge is 0.172 e. The molecule has 0 bridgehead atoms. The topological polar surface area (TPSA) is 85.0 Å². The summed E-state index contributed by atoms with van der Waals surface area (Å²) >= 11 is 13.9. The molecule has 0 radical (unpaired) electrons. The third-order valence-electron chi connectivity index (χ3n) is 5.79. The minimum atomic E-state index is 0.371. The van der Waals surface area contributed by atoms with Crippen LogP contribution in [0, 0.1) is 11.3 Å². The number of anilines is 2. The summed E-state index contributed by atoms with van der Waals surface area (Å²) in [7, 11) is 3.54. The summed E-state index contributed by atoms with van der Waals surface area (Å²) in [4.78, 5) is 9.84. The number of aromatic nitrogens is 3. The quantitative estimate of drug-likeness (QED) is 0.162. The van der Waals surface area contributed by atoms with Gasteiger partial charge in [0.05, 0.1) is 34.8 Å². The van der Waals surface area contributed by atoms with Crippen molar-refractivity contribution in [1.82, 2.24) is 14.5 Å². The van der Waals surface area contributed by atoms with Gasteiger partial charge < -0.3 is 19.4 Å². The number of alkyl halides is 1. The van der Waals surface area contributed by atoms with E-state index in [0.29, 0.717) is 40.3 Å². The van der Waals surface area contributed by atoms with E-state index in [2.05, 4.69) is 21.4 Å². The Balaban J connectivity index is 1.56. The maximum Gasteiger partial charge on any atom is 0.172 e. The van der Waals surface area contributed by atoms with E-state index in [9.17, 15) is 5.26 Å². The molecule has 7 nitrogen and oxygen atoms in total. The molecule has 5 aromatic rings. The summed E-state index contributed by atoms with van der Waals surface area (Å²) in [5.41, 5.74) is 2.55. The number of methoxy groups -OCH3 is 1. The average Bonchev–Trinajstić information content (AvgIpc) is 3.32. The van der Waals surface area contributed by atoms with Crippen LogP contribution in [0.1, 0.15) is 5.56 Å². The Labute approximate surface area is 227 Å². The predicted octanol–water partition coefficient (Wildman–Crippen LogP) is 7.17. The van der Waals surface area contributed by atoms with E-state index in [4.69, 9.17) is 32.7 Å². The molecular formula is C27H21Cl2N5O2S. The van der Waals surface area contributed by atoms with E-state index < -0.39 is 0 Å². The first-order valence-corrected chi connectivity index (χ1v) is 13.0. The van der Waals surface area contributed by atoms with Crippen LogP contribution in [0.5, 0.6) is 11.5 Å². The van der Waals surface area contributed by atoms with Gasteiger partial charge in [-0.25, -0.2) is 4.98 Å². The van der Waals surface area contributed by atoms with Crippen LogP contribution in [0.15, 0.2) is 71.1 Å². The highest BCUT2D eigenvalue weighted by molar-refractivity contribution is 7.99. The highest BCUT2D eigenvalue weighted by atomic mass is 35.5. The number of nitriles is 1. The fourth-order valence-electron chi connectivity index (χ4n) is 4.07. The van der Waals surface area contributed by atoms with Crippen molar-refractivity contribution in [3.63, 3.8) is 0 Å². The molecule has 2 aromatic heterocycles. The van der Waals surface area contributed by atoms with Crippen molar-refractivity contribution >= 4 is 68.0 Å². The third kappa shape index (κ3) is 4.86. The van der Waals surface area contributed by atoms with E-state index in [1.807, 2.05) is 60.3 Å². The highest BCUT2D eigenvalue weighted by Gasteiger charge is 2.17. The lowest BCUT2D eigenvalue weighted by Gasteiger charge is -2.16. The summed E-state index contributed by atoms with van der Waals surface area (Å²) in [5, 5.41) is 17.2. The standard InChI is InChI=1S/C27H21Cl2N5O2S/c1-34-11-10-31-27(34)37-23-8-3-17(13-21(23)29)33-24-16(14-30)15-32-25-18-6-7-22(36-12-9-28)26(35-2)19(18)4-5-20(24)25/h3-8,10-11,13,15H,9,12H2,1-2H3,(H,32,33). The lowest BCUT2D eigenvalue weighted by atomic mass is 10.0. The molecule has 0 fully saturated rings. The molecule has 0 aliphatic rings. The number of ether oxygens (including phenoxy) is 2. The van der Waals surface area contributed by atoms with Gasteiger partial charge in [-0.15, -0.1) is 11.6 Å². The number of nitrogens with one attached hydrogen (secondary N) is 1. The number of fused-ring (bicyclic) bond motifs is 3. The van der Waals surface area contributed by atoms with Crippen LogP contribution in [0.4, 0.5) is 11.4 Å². The zero-order valence-electron chi connectivity index (χ0n) is 20.0. The molecule has 0 saturated heterocycles. The van der Waals surface area contributed by atoms with Crippen LogP contribution < -0.4 is 14.8 Å². The number of halogens is 2. The Morgan fingerprint density at radius 1 is 1.11 bits per heavy atom. The van der Waals surface area contributed by atoms with Crippen LogP contribution in [0.3, 0.4) is 0 Å². The van der Waals surface area contributed by atoms with Gasteiger partial charge in [-0.05, 0) is 42.5 Å². The van der Waals surface area contributed by atoms with Crippen molar-refractivity contribution in [1.29, 1.82) is 5.26 Å². The van der Waals surface area contributed by atoms with Crippen molar-refractivity contribution in [2.24, 2.45) is 7.05 Å². The zero-order valence-corrected chi connectivity index (χ0v) is 22.3. The first-order valence-electron chi connectivity index (χ1n) is 11.3.